The molecule has 2 aromatic rings. The second kappa shape index (κ2) is 5.07. The van der Waals surface area contributed by atoms with E-state index in [0.717, 1.165) is 16.4 Å². The Morgan fingerprint density at radius 1 is 1.29 bits per heavy atom. The Morgan fingerprint density at radius 2 is 2.06 bits per heavy atom. The number of aromatic nitrogens is 3. The normalized spacial score (nSPS) is 10.3. The van der Waals surface area contributed by atoms with Crippen molar-refractivity contribution in [1.29, 1.82) is 0 Å². The minimum absolute atomic E-state index is 0.638. The monoisotopic (exact) mass is 250 g/mol. The third-order valence-corrected chi connectivity index (χ3v) is 3.06. The number of rotatable bonds is 4. The van der Waals surface area contributed by atoms with Crippen molar-refractivity contribution in [3.63, 3.8) is 0 Å². The molecule has 0 bridgehead atoms. The first-order chi connectivity index (χ1) is 8.20. The molecule has 4 N–H and O–H groups in total. The van der Waals surface area contributed by atoms with Crippen molar-refractivity contribution in [3.05, 3.63) is 28.0 Å². The van der Waals surface area contributed by atoms with Crippen LogP contribution >= 0.6 is 11.3 Å². The lowest BCUT2D eigenvalue weighted by Crippen LogP contribution is -2.14. The molecule has 7 heteroatoms. The van der Waals surface area contributed by atoms with Crippen molar-refractivity contribution in [2.45, 2.75) is 20.4 Å². The molecule has 0 saturated carbocycles. The molecule has 0 spiro atoms. The molecular formula is C10H14N6S. The average molecular weight is 250 g/mol. The van der Waals surface area contributed by atoms with E-state index in [1.54, 1.807) is 17.5 Å². The molecule has 0 atom stereocenters. The van der Waals surface area contributed by atoms with Crippen LogP contribution in [-0.2, 0) is 6.54 Å². The van der Waals surface area contributed by atoms with Gasteiger partial charge in [-0.1, -0.05) is 0 Å². The second-order valence-corrected chi connectivity index (χ2v) is 4.50. The summed E-state index contributed by atoms with van der Waals surface area (Å²) in [6.07, 6.45) is 1.78. The van der Waals surface area contributed by atoms with E-state index < -0.39 is 0 Å². The van der Waals surface area contributed by atoms with Crippen molar-refractivity contribution < 1.29 is 0 Å². The summed E-state index contributed by atoms with van der Waals surface area (Å²) in [5.41, 5.74) is 3.46. The van der Waals surface area contributed by atoms with Crippen LogP contribution in [0.5, 0.6) is 0 Å². The van der Waals surface area contributed by atoms with Crippen LogP contribution < -0.4 is 16.6 Å². The van der Waals surface area contributed by atoms with E-state index in [9.17, 15) is 0 Å². The van der Waals surface area contributed by atoms with Crippen molar-refractivity contribution in [2.24, 2.45) is 5.84 Å². The van der Waals surface area contributed by atoms with Gasteiger partial charge in [0.1, 0.15) is 22.5 Å². The van der Waals surface area contributed by atoms with E-state index in [-0.39, 0.29) is 0 Å². The highest BCUT2D eigenvalue weighted by Crippen LogP contribution is 2.19. The molecule has 0 unspecified atom stereocenters. The Bertz CT molecular complexity index is 496. The standard InChI is InChI=1S/C10H14N6S/c1-6-9(13-5-8-12-3-4-17-8)14-7(2)15-10(6)16-11/h3-4H,5,11H2,1-2H3,(H2,13,14,15,16). The SMILES string of the molecule is Cc1nc(NN)c(C)c(NCc2nccs2)n1. The molecule has 0 amide bonds. The Kier molecular flexibility index (Phi) is 3.50. The Balaban J connectivity index is 2.17. The van der Waals surface area contributed by atoms with Gasteiger partial charge in [-0.15, -0.1) is 11.3 Å². The van der Waals surface area contributed by atoms with Gasteiger partial charge in [-0.05, 0) is 13.8 Å². The van der Waals surface area contributed by atoms with Gasteiger partial charge in [0, 0.05) is 17.1 Å². The zero-order valence-corrected chi connectivity index (χ0v) is 10.5. The van der Waals surface area contributed by atoms with E-state index in [1.165, 1.54) is 0 Å². The number of nitrogens with one attached hydrogen (secondary N) is 2. The highest BCUT2D eigenvalue weighted by molar-refractivity contribution is 7.09. The molecule has 0 radical (unpaired) electrons. The molecule has 0 aliphatic rings. The van der Waals surface area contributed by atoms with Crippen LogP contribution in [0, 0.1) is 13.8 Å². The van der Waals surface area contributed by atoms with Gasteiger partial charge in [-0.2, -0.15) is 0 Å². The van der Waals surface area contributed by atoms with Gasteiger partial charge in [-0.25, -0.2) is 20.8 Å². The minimum atomic E-state index is 0.638. The van der Waals surface area contributed by atoms with Crippen molar-refractivity contribution in [3.8, 4) is 0 Å². The van der Waals surface area contributed by atoms with E-state index in [0.29, 0.717) is 18.2 Å². The lowest BCUT2D eigenvalue weighted by Gasteiger charge is -2.11. The lowest BCUT2D eigenvalue weighted by molar-refractivity contribution is 0.992. The fourth-order valence-electron chi connectivity index (χ4n) is 1.44. The van der Waals surface area contributed by atoms with E-state index in [4.69, 9.17) is 5.84 Å². The third kappa shape index (κ3) is 2.69. The number of thiazole rings is 1. The molecule has 0 aliphatic carbocycles. The summed E-state index contributed by atoms with van der Waals surface area (Å²) in [5, 5.41) is 6.20. The predicted molar refractivity (Wildman–Crippen MR) is 68.8 cm³/mol. The van der Waals surface area contributed by atoms with Crippen LogP contribution in [0.15, 0.2) is 11.6 Å². The van der Waals surface area contributed by atoms with E-state index in [2.05, 4.69) is 25.7 Å². The molecule has 0 aromatic carbocycles. The number of nitrogens with zero attached hydrogens (tertiary/aromatic N) is 3. The summed E-state index contributed by atoms with van der Waals surface area (Å²) in [7, 11) is 0. The van der Waals surface area contributed by atoms with Crippen molar-refractivity contribution >= 4 is 23.0 Å². The highest BCUT2D eigenvalue weighted by atomic mass is 32.1. The quantitative estimate of drug-likeness (QED) is 0.562. The Hall–Kier alpha value is -1.73. The largest absolute Gasteiger partial charge is 0.363 e. The van der Waals surface area contributed by atoms with Crippen LogP contribution in [0.1, 0.15) is 16.4 Å². The summed E-state index contributed by atoms with van der Waals surface area (Å²) in [6, 6.07) is 0. The highest BCUT2D eigenvalue weighted by Gasteiger charge is 2.08. The molecule has 0 fully saturated rings. The van der Waals surface area contributed by atoms with Gasteiger partial charge in [-0.3, -0.25) is 0 Å². The molecule has 2 heterocycles. The van der Waals surface area contributed by atoms with E-state index in [1.807, 2.05) is 19.2 Å². The second-order valence-electron chi connectivity index (χ2n) is 3.52. The van der Waals surface area contributed by atoms with Gasteiger partial charge in [0.2, 0.25) is 0 Å². The predicted octanol–water partition coefficient (Wildman–Crippen LogP) is 1.45. The topological polar surface area (TPSA) is 88.8 Å². The van der Waals surface area contributed by atoms with Gasteiger partial charge >= 0.3 is 0 Å². The molecule has 90 valence electrons. The minimum Gasteiger partial charge on any atom is -0.363 e. The number of hydrazine groups is 1. The maximum absolute atomic E-state index is 5.40. The van der Waals surface area contributed by atoms with Gasteiger partial charge < -0.3 is 10.7 Å². The number of hydrogen-bond acceptors (Lipinski definition) is 7. The van der Waals surface area contributed by atoms with Crippen LogP contribution in [-0.4, -0.2) is 15.0 Å². The number of aryl methyl sites for hydroxylation is 1. The maximum atomic E-state index is 5.40. The number of hydrogen-bond donors (Lipinski definition) is 3. The molecular weight excluding hydrogens is 236 g/mol. The Labute approximate surface area is 103 Å². The summed E-state index contributed by atoms with van der Waals surface area (Å²) < 4.78 is 0. The Morgan fingerprint density at radius 3 is 2.71 bits per heavy atom. The summed E-state index contributed by atoms with van der Waals surface area (Å²) in [4.78, 5) is 12.7. The fourth-order valence-corrected chi connectivity index (χ4v) is 2.00. The average Bonchev–Trinajstić information content (AvgIpc) is 2.82. The zero-order valence-electron chi connectivity index (χ0n) is 9.69. The molecule has 2 aromatic heterocycles. The fraction of sp³-hybridized carbons (Fsp3) is 0.300. The van der Waals surface area contributed by atoms with Gasteiger partial charge in [0.25, 0.3) is 0 Å². The van der Waals surface area contributed by atoms with E-state index >= 15 is 0 Å². The first kappa shape index (κ1) is 11.7. The smallest absolute Gasteiger partial charge is 0.148 e. The zero-order chi connectivity index (χ0) is 12.3. The summed E-state index contributed by atoms with van der Waals surface area (Å²) in [6.45, 7) is 4.40. The summed E-state index contributed by atoms with van der Waals surface area (Å²) >= 11 is 1.60. The first-order valence-corrected chi connectivity index (χ1v) is 6.02. The number of nitrogens with two attached hydrogens (primary N) is 1. The third-order valence-electron chi connectivity index (χ3n) is 2.28. The molecule has 17 heavy (non-hydrogen) atoms. The maximum Gasteiger partial charge on any atom is 0.148 e. The molecule has 0 aliphatic heterocycles. The first-order valence-electron chi connectivity index (χ1n) is 5.15. The number of anilines is 2. The van der Waals surface area contributed by atoms with Gasteiger partial charge in [0.15, 0.2) is 0 Å². The molecule has 6 nitrogen and oxygen atoms in total. The summed E-state index contributed by atoms with van der Waals surface area (Å²) in [5.74, 6) is 7.49. The lowest BCUT2D eigenvalue weighted by atomic mass is 10.3. The number of nitrogen functional groups attached to an aromatic ring is 1. The van der Waals surface area contributed by atoms with Crippen LogP contribution in [0.3, 0.4) is 0 Å². The van der Waals surface area contributed by atoms with Crippen LogP contribution in [0.2, 0.25) is 0 Å². The van der Waals surface area contributed by atoms with Crippen molar-refractivity contribution in [2.75, 3.05) is 10.7 Å². The van der Waals surface area contributed by atoms with Gasteiger partial charge in [0.05, 0.1) is 6.54 Å². The van der Waals surface area contributed by atoms with Crippen LogP contribution in [0.25, 0.3) is 0 Å². The molecule has 2 rings (SSSR count). The molecule has 0 saturated heterocycles. The van der Waals surface area contributed by atoms with Crippen molar-refractivity contribution in [1.82, 2.24) is 15.0 Å². The van der Waals surface area contributed by atoms with Crippen LogP contribution in [0.4, 0.5) is 11.6 Å².